The Balaban J connectivity index is 2.03. The van der Waals surface area contributed by atoms with Crippen LogP contribution in [0.3, 0.4) is 0 Å². The summed E-state index contributed by atoms with van der Waals surface area (Å²) in [4.78, 5) is 23.8. The van der Waals surface area contributed by atoms with Gasteiger partial charge in [0.25, 0.3) is 0 Å². The van der Waals surface area contributed by atoms with Crippen molar-refractivity contribution in [3.05, 3.63) is 65.7 Å². The van der Waals surface area contributed by atoms with Crippen LogP contribution in [0.15, 0.2) is 54.6 Å². The molecule has 132 valence electrons. The summed E-state index contributed by atoms with van der Waals surface area (Å²) in [5.74, 6) is -0.446. The maximum atomic E-state index is 12.0. The van der Waals surface area contributed by atoms with Gasteiger partial charge in [0.05, 0.1) is 0 Å². The van der Waals surface area contributed by atoms with Crippen molar-refractivity contribution in [2.24, 2.45) is 11.7 Å². The Morgan fingerprint density at radius 2 is 1.80 bits per heavy atom. The highest BCUT2D eigenvalue weighted by atomic mass is 16.2. The predicted octanol–water partition coefficient (Wildman–Crippen LogP) is 2.99. The lowest BCUT2D eigenvalue weighted by atomic mass is 10.1. The second-order valence-electron chi connectivity index (χ2n) is 6.13. The molecule has 2 rings (SSSR count). The van der Waals surface area contributed by atoms with E-state index in [0.29, 0.717) is 6.54 Å². The van der Waals surface area contributed by atoms with E-state index >= 15 is 0 Å². The number of hydrogen-bond donors (Lipinski definition) is 3. The third kappa shape index (κ3) is 5.43. The molecule has 5 nitrogen and oxygen atoms in total. The number of amides is 2. The Morgan fingerprint density at radius 1 is 1.08 bits per heavy atom. The highest BCUT2D eigenvalue weighted by Gasteiger charge is 2.17. The maximum absolute atomic E-state index is 12.0. The number of primary amides is 1. The molecule has 0 unspecified atom stereocenters. The van der Waals surface area contributed by atoms with E-state index < -0.39 is 11.9 Å². The lowest BCUT2D eigenvalue weighted by Crippen LogP contribution is -2.33. The number of anilines is 1. The molecule has 2 amide bonds. The summed E-state index contributed by atoms with van der Waals surface area (Å²) in [6.45, 7) is 4.35. The minimum absolute atomic E-state index is 0.00640. The Hall–Kier alpha value is -2.66. The molecule has 0 saturated heterocycles. The van der Waals surface area contributed by atoms with Crippen molar-refractivity contribution in [2.75, 3.05) is 5.32 Å². The number of hydrogen-bond acceptors (Lipinski definition) is 3. The summed E-state index contributed by atoms with van der Waals surface area (Å²) in [5.41, 5.74) is 8.06. The fourth-order valence-corrected chi connectivity index (χ4v) is 2.46. The van der Waals surface area contributed by atoms with Crippen molar-refractivity contribution in [1.29, 1.82) is 0 Å². The Kier molecular flexibility index (Phi) is 6.71. The molecular formula is C20H25N3O2. The quantitative estimate of drug-likeness (QED) is 0.691. The zero-order chi connectivity index (χ0) is 18.2. The standard InChI is InChI=1S/C20H25N3O2/c1-3-14(2)20(25)23-17-11-7-8-15(12-17)13-22-18(19(21)24)16-9-5-4-6-10-16/h4-12,14,18,22H,3,13H2,1-2H3,(H2,21,24)(H,23,25)/t14-,18-/m0/s1. The lowest BCUT2D eigenvalue weighted by Gasteiger charge is -2.16. The van der Waals surface area contributed by atoms with E-state index in [-0.39, 0.29) is 11.8 Å². The van der Waals surface area contributed by atoms with Crippen molar-refractivity contribution in [2.45, 2.75) is 32.9 Å². The van der Waals surface area contributed by atoms with Gasteiger partial charge >= 0.3 is 0 Å². The Morgan fingerprint density at radius 3 is 2.44 bits per heavy atom. The number of rotatable bonds is 8. The Bertz CT molecular complexity index is 716. The molecule has 0 heterocycles. The van der Waals surface area contributed by atoms with Crippen LogP contribution in [-0.4, -0.2) is 11.8 Å². The van der Waals surface area contributed by atoms with Crippen molar-refractivity contribution in [3.63, 3.8) is 0 Å². The molecule has 2 aromatic carbocycles. The van der Waals surface area contributed by atoms with Crippen LogP contribution in [0.2, 0.25) is 0 Å². The molecule has 0 aromatic heterocycles. The first-order valence-corrected chi connectivity index (χ1v) is 8.48. The van der Waals surface area contributed by atoms with E-state index in [1.54, 1.807) is 0 Å². The van der Waals surface area contributed by atoms with Crippen molar-refractivity contribution < 1.29 is 9.59 Å². The van der Waals surface area contributed by atoms with Crippen LogP contribution in [0.25, 0.3) is 0 Å². The van der Waals surface area contributed by atoms with Gasteiger partial charge in [-0.1, -0.05) is 56.3 Å². The van der Waals surface area contributed by atoms with E-state index in [2.05, 4.69) is 10.6 Å². The second-order valence-corrected chi connectivity index (χ2v) is 6.13. The smallest absolute Gasteiger partial charge is 0.239 e. The molecule has 0 spiro atoms. The van der Waals surface area contributed by atoms with Crippen molar-refractivity contribution in [1.82, 2.24) is 5.32 Å². The van der Waals surface area contributed by atoms with Gasteiger partial charge in [0.1, 0.15) is 6.04 Å². The SMILES string of the molecule is CC[C@H](C)C(=O)Nc1cccc(CN[C@H](C(N)=O)c2ccccc2)c1. The molecule has 0 radical (unpaired) electrons. The van der Waals surface area contributed by atoms with Crippen LogP contribution >= 0.6 is 0 Å². The lowest BCUT2D eigenvalue weighted by molar-refractivity contribution is -0.120. The zero-order valence-corrected chi connectivity index (χ0v) is 14.7. The summed E-state index contributed by atoms with van der Waals surface area (Å²) in [6, 6.07) is 16.4. The van der Waals surface area contributed by atoms with E-state index in [1.807, 2.05) is 68.4 Å². The predicted molar refractivity (Wildman–Crippen MR) is 99.7 cm³/mol. The van der Waals surface area contributed by atoms with E-state index in [9.17, 15) is 9.59 Å². The molecule has 0 aliphatic heterocycles. The summed E-state index contributed by atoms with van der Waals surface area (Å²) in [7, 11) is 0. The van der Waals surface area contributed by atoms with Crippen LogP contribution in [0.4, 0.5) is 5.69 Å². The van der Waals surface area contributed by atoms with Gasteiger partial charge in [-0.25, -0.2) is 0 Å². The maximum Gasteiger partial charge on any atom is 0.239 e. The van der Waals surface area contributed by atoms with E-state index in [0.717, 1.165) is 23.2 Å². The number of benzene rings is 2. The summed E-state index contributed by atoms with van der Waals surface area (Å²) < 4.78 is 0. The average Bonchev–Trinajstić information content (AvgIpc) is 2.62. The molecular weight excluding hydrogens is 314 g/mol. The molecule has 0 aliphatic carbocycles. The molecule has 0 aliphatic rings. The van der Waals surface area contributed by atoms with Gasteiger partial charge in [0.2, 0.25) is 11.8 Å². The van der Waals surface area contributed by atoms with E-state index in [1.165, 1.54) is 0 Å². The fraction of sp³-hybridized carbons (Fsp3) is 0.300. The van der Waals surface area contributed by atoms with Gasteiger partial charge in [-0.2, -0.15) is 0 Å². The number of carbonyl (C=O) groups is 2. The molecule has 25 heavy (non-hydrogen) atoms. The average molecular weight is 339 g/mol. The first-order valence-electron chi connectivity index (χ1n) is 8.48. The first-order chi connectivity index (χ1) is 12.0. The molecule has 4 N–H and O–H groups in total. The summed E-state index contributed by atoms with van der Waals surface area (Å²) >= 11 is 0. The largest absolute Gasteiger partial charge is 0.368 e. The third-order valence-corrected chi connectivity index (χ3v) is 4.18. The van der Waals surface area contributed by atoms with Gasteiger partial charge in [-0.3, -0.25) is 14.9 Å². The summed E-state index contributed by atoms with van der Waals surface area (Å²) in [5, 5.41) is 6.10. The first kappa shape index (κ1) is 18.7. The van der Waals surface area contributed by atoms with Gasteiger partial charge in [-0.15, -0.1) is 0 Å². The monoisotopic (exact) mass is 339 g/mol. The minimum Gasteiger partial charge on any atom is -0.368 e. The Labute approximate surface area is 148 Å². The van der Waals surface area contributed by atoms with Gasteiger partial charge in [0, 0.05) is 18.2 Å². The normalized spacial score (nSPS) is 13.0. The minimum atomic E-state index is -0.556. The van der Waals surface area contributed by atoms with Gasteiger partial charge < -0.3 is 11.1 Å². The zero-order valence-electron chi connectivity index (χ0n) is 14.7. The molecule has 2 atom stereocenters. The van der Waals surface area contributed by atoms with Crippen molar-refractivity contribution in [3.8, 4) is 0 Å². The van der Waals surface area contributed by atoms with Crippen molar-refractivity contribution >= 4 is 17.5 Å². The molecule has 2 aromatic rings. The molecule has 5 heteroatoms. The fourth-order valence-electron chi connectivity index (χ4n) is 2.46. The number of nitrogens with one attached hydrogen (secondary N) is 2. The van der Waals surface area contributed by atoms with E-state index in [4.69, 9.17) is 5.73 Å². The molecule has 0 saturated carbocycles. The van der Waals surface area contributed by atoms with Crippen LogP contribution < -0.4 is 16.4 Å². The topological polar surface area (TPSA) is 84.2 Å². The number of nitrogens with two attached hydrogens (primary N) is 1. The van der Waals surface area contributed by atoms with Gasteiger partial charge in [-0.05, 0) is 29.7 Å². The second kappa shape index (κ2) is 8.99. The third-order valence-electron chi connectivity index (χ3n) is 4.18. The highest BCUT2D eigenvalue weighted by Crippen LogP contribution is 2.16. The van der Waals surface area contributed by atoms with Crippen LogP contribution in [0, 0.1) is 5.92 Å². The van der Waals surface area contributed by atoms with Gasteiger partial charge in [0.15, 0.2) is 0 Å². The number of carbonyl (C=O) groups excluding carboxylic acids is 2. The van der Waals surface area contributed by atoms with Crippen LogP contribution in [-0.2, 0) is 16.1 Å². The van der Waals surface area contributed by atoms with Crippen LogP contribution in [0.5, 0.6) is 0 Å². The van der Waals surface area contributed by atoms with Crippen LogP contribution in [0.1, 0.15) is 37.4 Å². The molecule has 0 fully saturated rings. The summed E-state index contributed by atoms with van der Waals surface area (Å²) in [6.07, 6.45) is 0.796. The molecule has 0 bridgehead atoms. The highest BCUT2D eigenvalue weighted by molar-refractivity contribution is 5.92.